The molecular weight excluding hydrogens is 514 g/mol. The molecular formula is C33H31N5O3. The van der Waals surface area contributed by atoms with Crippen molar-refractivity contribution in [3.05, 3.63) is 113 Å². The number of anilines is 1. The Morgan fingerprint density at radius 2 is 1.56 bits per heavy atom. The zero-order valence-electron chi connectivity index (χ0n) is 23.1. The van der Waals surface area contributed by atoms with Gasteiger partial charge in [-0.3, -0.25) is 4.90 Å². The molecule has 2 amide bonds. The van der Waals surface area contributed by atoms with Crippen molar-refractivity contribution in [2.45, 2.75) is 33.4 Å². The number of pyridine rings is 1. The third-order valence-electron chi connectivity index (χ3n) is 7.66. The molecule has 5 aromatic rings. The van der Waals surface area contributed by atoms with Gasteiger partial charge in [0.25, 0.3) is 0 Å². The predicted molar refractivity (Wildman–Crippen MR) is 159 cm³/mol. The maximum Gasteiger partial charge on any atom is 0.336 e. The van der Waals surface area contributed by atoms with E-state index in [1.807, 2.05) is 96.4 Å². The SMILES string of the molecule is Cc1nc2c(cc1N1CCCN(Cc3ccccc3)C1=O)nc(C)n2Cc1ccc(-c2ccccc2C(=O)O)cc1. The molecule has 0 radical (unpaired) electrons. The van der Waals surface area contributed by atoms with Crippen LogP contribution >= 0.6 is 0 Å². The lowest BCUT2D eigenvalue weighted by Gasteiger charge is -2.36. The predicted octanol–water partition coefficient (Wildman–Crippen LogP) is 6.29. The Hall–Kier alpha value is -4.98. The van der Waals surface area contributed by atoms with Gasteiger partial charge in [0, 0.05) is 19.6 Å². The van der Waals surface area contributed by atoms with Crippen molar-refractivity contribution in [1.29, 1.82) is 0 Å². The summed E-state index contributed by atoms with van der Waals surface area (Å²) in [5.41, 5.74) is 7.10. The van der Waals surface area contributed by atoms with Crippen LogP contribution in [0.5, 0.6) is 0 Å². The minimum absolute atomic E-state index is 0.00920. The molecule has 1 saturated heterocycles. The number of aromatic carboxylic acids is 1. The van der Waals surface area contributed by atoms with E-state index in [4.69, 9.17) is 9.97 Å². The number of hydrogen-bond acceptors (Lipinski definition) is 4. The zero-order valence-corrected chi connectivity index (χ0v) is 23.1. The van der Waals surface area contributed by atoms with Gasteiger partial charge in [-0.1, -0.05) is 72.8 Å². The first-order valence-electron chi connectivity index (χ1n) is 13.8. The van der Waals surface area contributed by atoms with Gasteiger partial charge in [-0.15, -0.1) is 0 Å². The Morgan fingerprint density at radius 1 is 0.854 bits per heavy atom. The number of fused-ring (bicyclic) bond motifs is 1. The van der Waals surface area contributed by atoms with E-state index in [-0.39, 0.29) is 11.6 Å². The average Bonchev–Trinajstić information content (AvgIpc) is 3.28. The first-order valence-corrected chi connectivity index (χ1v) is 13.8. The maximum absolute atomic E-state index is 13.5. The number of carboxylic acid groups (broad SMARTS) is 1. The summed E-state index contributed by atoms with van der Waals surface area (Å²) in [4.78, 5) is 38.6. The average molecular weight is 546 g/mol. The van der Waals surface area contributed by atoms with Crippen LogP contribution in [0.1, 0.15) is 39.4 Å². The molecule has 1 N–H and O–H groups in total. The normalized spacial score (nSPS) is 13.7. The van der Waals surface area contributed by atoms with E-state index >= 15 is 0 Å². The molecule has 8 nitrogen and oxygen atoms in total. The number of carboxylic acids is 1. The number of aryl methyl sites for hydroxylation is 2. The van der Waals surface area contributed by atoms with Gasteiger partial charge in [0.05, 0.1) is 23.5 Å². The first-order chi connectivity index (χ1) is 19.9. The maximum atomic E-state index is 13.5. The molecule has 1 aliphatic heterocycles. The van der Waals surface area contributed by atoms with Gasteiger partial charge in [-0.25, -0.2) is 19.6 Å². The van der Waals surface area contributed by atoms with Gasteiger partial charge in [-0.2, -0.15) is 0 Å². The van der Waals surface area contributed by atoms with Crippen LogP contribution in [-0.2, 0) is 13.1 Å². The van der Waals surface area contributed by atoms with E-state index in [9.17, 15) is 14.7 Å². The second-order valence-electron chi connectivity index (χ2n) is 10.4. The molecule has 0 bridgehead atoms. The fourth-order valence-corrected chi connectivity index (χ4v) is 5.55. The number of urea groups is 1. The summed E-state index contributed by atoms with van der Waals surface area (Å²) in [5.74, 6) is -0.110. The van der Waals surface area contributed by atoms with Crippen LogP contribution in [0.4, 0.5) is 10.5 Å². The minimum Gasteiger partial charge on any atom is -0.478 e. The van der Waals surface area contributed by atoms with E-state index in [2.05, 4.69) is 4.57 Å². The van der Waals surface area contributed by atoms with Gasteiger partial charge in [0.2, 0.25) is 0 Å². The number of benzene rings is 3. The van der Waals surface area contributed by atoms with Crippen molar-refractivity contribution in [2.24, 2.45) is 0 Å². The topological polar surface area (TPSA) is 91.6 Å². The standard InChI is InChI=1S/C33H31N5O3/c1-22-30(37-18-8-17-36(33(37)41)20-24-9-4-3-5-10-24)19-29-31(34-22)38(23(2)35-29)21-25-13-15-26(16-14-25)27-11-6-7-12-28(27)32(39)40/h3-7,9-16,19H,8,17-18,20-21H2,1-2H3,(H,39,40). The summed E-state index contributed by atoms with van der Waals surface area (Å²) >= 11 is 0. The first kappa shape index (κ1) is 26.3. The number of carbonyl (C=O) groups excluding carboxylic acids is 1. The van der Waals surface area contributed by atoms with Gasteiger partial charge >= 0.3 is 12.0 Å². The molecule has 41 heavy (non-hydrogen) atoms. The summed E-state index contributed by atoms with van der Waals surface area (Å²) in [5, 5.41) is 9.56. The molecule has 1 fully saturated rings. The molecule has 0 spiro atoms. The van der Waals surface area contributed by atoms with E-state index in [0.29, 0.717) is 25.2 Å². The summed E-state index contributed by atoms with van der Waals surface area (Å²) < 4.78 is 2.08. The zero-order chi connectivity index (χ0) is 28.5. The monoisotopic (exact) mass is 545 g/mol. The van der Waals surface area contributed by atoms with Gasteiger partial charge in [0.15, 0.2) is 5.65 Å². The van der Waals surface area contributed by atoms with Crippen LogP contribution in [0.25, 0.3) is 22.3 Å². The number of nitrogens with zero attached hydrogens (tertiary/aromatic N) is 5. The number of hydrogen-bond donors (Lipinski definition) is 1. The molecule has 206 valence electrons. The van der Waals surface area contributed by atoms with Crippen molar-refractivity contribution in [2.75, 3.05) is 18.0 Å². The van der Waals surface area contributed by atoms with Crippen LogP contribution < -0.4 is 4.90 Å². The largest absolute Gasteiger partial charge is 0.478 e. The Balaban J connectivity index is 1.25. The van der Waals surface area contributed by atoms with E-state index in [0.717, 1.165) is 58.0 Å². The van der Waals surface area contributed by atoms with E-state index in [1.165, 1.54) is 0 Å². The second-order valence-corrected chi connectivity index (χ2v) is 10.4. The van der Waals surface area contributed by atoms with Crippen molar-refractivity contribution in [1.82, 2.24) is 19.4 Å². The number of rotatable bonds is 7. The highest BCUT2D eigenvalue weighted by Gasteiger charge is 2.29. The van der Waals surface area contributed by atoms with Gasteiger partial charge < -0.3 is 14.6 Å². The highest BCUT2D eigenvalue weighted by molar-refractivity contribution is 5.96. The molecule has 8 heteroatoms. The van der Waals surface area contributed by atoms with E-state index in [1.54, 1.807) is 12.1 Å². The fraction of sp³-hybridized carbons (Fsp3) is 0.212. The summed E-state index contributed by atoms with van der Waals surface area (Å²) in [6.45, 7) is 6.44. The second kappa shape index (κ2) is 10.9. The smallest absolute Gasteiger partial charge is 0.336 e. The fourth-order valence-electron chi connectivity index (χ4n) is 5.55. The molecule has 0 saturated carbocycles. The molecule has 1 aliphatic rings. The van der Waals surface area contributed by atoms with E-state index < -0.39 is 5.97 Å². The van der Waals surface area contributed by atoms with Crippen molar-refractivity contribution in [3.8, 4) is 11.1 Å². The van der Waals surface area contributed by atoms with Crippen LogP contribution in [0.2, 0.25) is 0 Å². The Bertz CT molecular complexity index is 1740. The van der Waals surface area contributed by atoms with Gasteiger partial charge in [0.1, 0.15) is 11.3 Å². The van der Waals surface area contributed by atoms with Crippen molar-refractivity contribution < 1.29 is 14.7 Å². The third-order valence-corrected chi connectivity index (χ3v) is 7.66. The number of imidazole rings is 1. The van der Waals surface area contributed by atoms with Crippen molar-refractivity contribution >= 4 is 28.9 Å². The molecule has 0 atom stereocenters. The number of amides is 2. The minimum atomic E-state index is -0.943. The van der Waals surface area contributed by atoms with Gasteiger partial charge in [-0.05, 0) is 54.7 Å². The summed E-state index contributed by atoms with van der Waals surface area (Å²) in [6.07, 6.45) is 0.885. The lowest BCUT2D eigenvalue weighted by atomic mass is 9.99. The Kier molecular flexibility index (Phi) is 6.97. The lowest BCUT2D eigenvalue weighted by Crippen LogP contribution is -2.49. The highest BCUT2D eigenvalue weighted by Crippen LogP contribution is 2.29. The third kappa shape index (κ3) is 5.16. The summed E-state index contributed by atoms with van der Waals surface area (Å²) in [7, 11) is 0. The molecule has 0 aliphatic carbocycles. The molecule has 0 unspecified atom stereocenters. The van der Waals surface area contributed by atoms with Crippen LogP contribution in [-0.4, -0.2) is 49.6 Å². The highest BCUT2D eigenvalue weighted by atomic mass is 16.4. The van der Waals surface area contributed by atoms with Crippen molar-refractivity contribution in [3.63, 3.8) is 0 Å². The molecule has 3 heterocycles. The summed E-state index contributed by atoms with van der Waals surface area (Å²) in [6, 6.07) is 27.0. The molecule has 2 aromatic heterocycles. The number of aromatic nitrogens is 3. The van der Waals surface area contributed by atoms with Crippen LogP contribution in [0.15, 0.2) is 84.9 Å². The van der Waals surface area contributed by atoms with Crippen LogP contribution in [0, 0.1) is 13.8 Å². The Labute approximate surface area is 238 Å². The molecule has 3 aromatic carbocycles. The molecule has 6 rings (SSSR count). The Morgan fingerprint density at radius 3 is 2.32 bits per heavy atom. The van der Waals surface area contributed by atoms with Crippen LogP contribution in [0.3, 0.4) is 0 Å². The quantitative estimate of drug-likeness (QED) is 0.259. The number of carbonyl (C=O) groups is 2. The lowest BCUT2D eigenvalue weighted by molar-refractivity contribution is 0.0697.